The predicted molar refractivity (Wildman–Crippen MR) is 91.3 cm³/mol. The highest BCUT2D eigenvalue weighted by molar-refractivity contribution is 6.21. The monoisotopic (exact) mass is 365 g/mol. The van der Waals surface area contributed by atoms with E-state index in [4.69, 9.17) is 9.57 Å². The molecule has 1 fully saturated rings. The van der Waals surface area contributed by atoms with Crippen molar-refractivity contribution < 1.29 is 28.8 Å². The van der Waals surface area contributed by atoms with Crippen molar-refractivity contribution in [1.82, 2.24) is 5.06 Å². The van der Waals surface area contributed by atoms with E-state index in [1.54, 1.807) is 36.4 Å². The highest BCUT2D eigenvalue weighted by Gasteiger charge is 2.69. The van der Waals surface area contributed by atoms with Crippen molar-refractivity contribution in [3.8, 4) is 0 Å². The Bertz CT molecular complexity index is 934. The number of methoxy groups -OCH3 is 1. The van der Waals surface area contributed by atoms with Gasteiger partial charge in [0.2, 0.25) is 0 Å². The molecule has 0 bridgehead atoms. The standard InChI is InChI=1S/C20H15NO6/c1-26-18(24)20(11-15(20)12-7-3-2-4-8-12)19(25)27-21-16(22)13-9-5-6-10-14(13)17(21)23/h2-10,15H,11H2,1H3. The van der Waals surface area contributed by atoms with Crippen molar-refractivity contribution >= 4 is 23.8 Å². The van der Waals surface area contributed by atoms with Crippen molar-refractivity contribution in [2.75, 3.05) is 7.11 Å². The number of imide groups is 1. The van der Waals surface area contributed by atoms with E-state index in [0.717, 1.165) is 5.56 Å². The van der Waals surface area contributed by atoms with E-state index < -0.39 is 35.1 Å². The third-order valence-electron chi connectivity index (χ3n) is 5.01. The van der Waals surface area contributed by atoms with Gasteiger partial charge in [-0.3, -0.25) is 14.4 Å². The normalized spacial score (nSPS) is 23.0. The zero-order valence-electron chi connectivity index (χ0n) is 14.4. The second-order valence-corrected chi connectivity index (χ2v) is 6.46. The van der Waals surface area contributed by atoms with Crippen molar-refractivity contribution in [1.29, 1.82) is 0 Å². The van der Waals surface area contributed by atoms with Crippen LogP contribution in [0.15, 0.2) is 54.6 Å². The van der Waals surface area contributed by atoms with Gasteiger partial charge in [0, 0.05) is 5.92 Å². The molecule has 0 radical (unpaired) electrons. The second-order valence-electron chi connectivity index (χ2n) is 6.46. The van der Waals surface area contributed by atoms with Crippen molar-refractivity contribution in [3.05, 3.63) is 71.3 Å². The van der Waals surface area contributed by atoms with Crippen LogP contribution < -0.4 is 0 Å². The zero-order valence-corrected chi connectivity index (χ0v) is 14.4. The summed E-state index contributed by atoms with van der Waals surface area (Å²) in [5, 5.41) is 0.415. The maximum atomic E-state index is 12.8. The largest absolute Gasteiger partial charge is 0.468 e. The van der Waals surface area contributed by atoms with Crippen LogP contribution in [0.3, 0.4) is 0 Å². The van der Waals surface area contributed by atoms with Gasteiger partial charge in [-0.05, 0) is 24.1 Å². The minimum Gasteiger partial charge on any atom is -0.468 e. The Morgan fingerprint density at radius 2 is 1.48 bits per heavy atom. The molecule has 0 aromatic heterocycles. The molecule has 0 spiro atoms. The highest BCUT2D eigenvalue weighted by Crippen LogP contribution is 2.61. The third-order valence-corrected chi connectivity index (χ3v) is 5.01. The van der Waals surface area contributed by atoms with E-state index in [-0.39, 0.29) is 17.5 Å². The molecule has 2 atom stereocenters. The molecular formula is C20H15NO6. The summed E-state index contributed by atoms with van der Waals surface area (Å²) in [4.78, 5) is 55.1. The summed E-state index contributed by atoms with van der Waals surface area (Å²) in [7, 11) is 1.18. The average molecular weight is 365 g/mol. The topological polar surface area (TPSA) is 90.0 Å². The van der Waals surface area contributed by atoms with Gasteiger partial charge in [0.05, 0.1) is 18.2 Å². The molecule has 0 N–H and O–H groups in total. The van der Waals surface area contributed by atoms with E-state index in [1.165, 1.54) is 19.2 Å². The molecule has 7 nitrogen and oxygen atoms in total. The zero-order chi connectivity index (χ0) is 19.2. The van der Waals surface area contributed by atoms with Crippen LogP contribution in [-0.4, -0.2) is 35.9 Å². The SMILES string of the molecule is COC(=O)C1(C(=O)ON2C(=O)c3ccccc3C2=O)CC1c1ccccc1. The molecule has 1 saturated carbocycles. The number of ether oxygens (including phenoxy) is 1. The molecule has 0 saturated heterocycles. The van der Waals surface area contributed by atoms with Crippen LogP contribution in [0.5, 0.6) is 0 Å². The van der Waals surface area contributed by atoms with Crippen molar-refractivity contribution in [2.45, 2.75) is 12.3 Å². The molecule has 1 heterocycles. The Hall–Kier alpha value is -3.48. The van der Waals surface area contributed by atoms with Gasteiger partial charge in [-0.2, -0.15) is 0 Å². The number of hydrogen-bond acceptors (Lipinski definition) is 6. The fourth-order valence-corrected chi connectivity index (χ4v) is 3.48. The van der Waals surface area contributed by atoms with E-state index >= 15 is 0 Å². The molecule has 2 aliphatic rings. The smallest absolute Gasteiger partial charge is 0.351 e. The van der Waals surface area contributed by atoms with Gasteiger partial charge in [-0.15, -0.1) is 0 Å². The molecule has 4 rings (SSSR count). The number of fused-ring (bicyclic) bond motifs is 1. The second kappa shape index (κ2) is 6.05. The maximum Gasteiger partial charge on any atom is 0.351 e. The van der Waals surface area contributed by atoms with Gasteiger partial charge in [-0.25, -0.2) is 4.79 Å². The lowest BCUT2D eigenvalue weighted by Crippen LogP contribution is -2.39. The summed E-state index contributed by atoms with van der Waals surface area (Å²) >= 11 is 0. The summed E-state index contributed by atoms with van der Waals surface area (Å²) in [5.74, 6) is -3.63. The van der Waals surface area contributed by atoms with Gasteiger partial charge in [0.25, 0.3) is 11.8 Å². The minimum atomic E-state index is -1.56. The Morgan fingerprint density at radius 3 is 2.04 bits per heavy atom. The van der Waals surface area contributed by atoms with Gasteiger partial charge in [0.1, 0.15) is 0 Å². The third kappa shape index (κ3) is 2.43. The lowest BCUT2D eigenvalue weighted by molar-refractivity contribution is -0.181. The first-order chi connectivity index (χ1) is 13.0. The van der Waals surface area contributed by atoms with Crippen molar-refractivity contribution in [3.63, 3.8) is 0 Å². The number of amides is 2. The van der Waals surface area contributed by atoms with Crippen LogP contribution in [0.4, 0.5) is 0 Å². The Labute approximate surface area is 154 Å². The Kier molecular flexibility index (Phi) is 3.80. The van der Waals surface area contributed by atoms with Crippen molar-refractivity contribution in [2.24, 2.45) is 5.41 Å². The van der Waals surface area contributed by atoms with Crippen LogP contribution in [0.2, 0.25) is 0 Å². The molecule has 27 heavy (non-hydrogen) atoms. The van der Waals surface area contributed by atoms with Crippen LogP contribution in [0.25, 0.3) is 0 Å². The van der Waals surface area contributed by atoms with E-state index in [9.17, 15) is 19.2 Å². The molecular weight excluding hydrogens is 350 g/mol. The molecule has 2 aromatic rings. The van der Waals surface area contributed by atoms with E-state index in [1.807, 2.05) is 6.07 Å². The number of esters is 1. The van der Waals surface area contributed by atoms with Gasteiger partial charge in [-0.1, -0.05) is 47.5 Å². The van der Waals surface area contributed by atoms with E-state index in [2.05, 4.69) is 0 Å². The predicted octanol–water partition coefficient (Wildman–Crippen LogP) is 2.09. The molecule has 136 valence electrons. The Morgan fingerprint density at radius 1 is 0.926 bits per heavy atom. The molecule has 1 aliphatic carbocycles. The lowest BCUT2D eigenvalue weighted by atomic mass is 9.99. The molecule has 2 amide bonds. The number of carbonyl (C=O) groups excluding carboxylic acids is 4. The van der Waals surface area contributed by atoms with Gasteiger partial charge in [0.15, 0.2) is 5.41 Å². The number of carbonyl (C=O) groups is 4. The molecule has 2 aromatic carbocycles. The number of rotatable bonds is 4. The van der Waals surface area contributed by atoms with Crippen LogP contribution >= 0.6 is 0 Å². The first-order valence-corrected chi connectivity index (χ1v) is 8.34. The van der Waals surface area contributed by atoms with Crippen LogP contribution in [-0.2, 0) is 19.2 Å². The van der Waals surface area contributed by atoms with Gasteiger partial charge >= 0.3 is 11.9 Å². The van der Waals surface area contributed by atoms with E-state index in [0.29, 0.717) is 5.06 Å². The number of benzene rings is 2. The summed E-state index contributed by atoms with van der Waals surface area (Å²) < 4.78 is 4.80. The molecule has 2 unspecified atom stereocenters. The molecule has 7 heteroatoms. The average Bonchev–Trinajstić information content (AvgIpc) is 3.43. The fourth-order valence-electron chi connectivity index (χ4n) is 3.48. The summed E-state index contributed by atoms with van der Waals surface area (Å²) in [6, 6.07) is 15.2. The minimum absolute atomic E-state index is 0.151. The lowest BCUT2D eigenvalue weighted by Gasteiger charge is -2.18. The first kappa shape index (κ1) is 17.0. The number of nitrogens with zero attached hydrogens (tertiary/aromatic N) is 1. The number of hydroxylamine groups is 2. The summed E-state index contributed by atoms with van der Waals surface area (Å²) in [6.45, 7) is 0. The highest BCUT2D eigenvalue weighted by atomic mass is 16.7. The summed E-state index contributed by atoms with van der Waals surface area (Å²) in [5.41, 5.74) is -0.483. The Balaban J connectivity index is 1.61. The fraction of sp³-hybridized carbons (Fsp3) is 0.200. The quantitative estimate of drug-likeness (QED) is 0.468. The van der Waals surface area contributed by atoms with Crippen LogP contribution in [0.1, 0.15) is 38.6 Å². The van der Waals surface area contributed by atoms with Crippen LogP contribution in [0, 0.1) is 5.41 Å². The summed E-state index contributed by atoms with van der Waals surface area (Å²) in [6.07, 6.45) is 0.186. The first-order valence-electron chi connectivity index (χ1n) is 8.34. The van der Waals surface area contributed by atoms with Gasteiger partial charge < -0.3 is 9.57 Å². The molecule has 1 aliphatic heterocycles. The number of hydrogen-bond donors (Lipinski definition) is 0. The maximum absolute atomic E-state index is 12.8.